The van der Waals surface area contributed by atoms with E-state index in [1.165, 1.54) is 11.6 Å². The van der Waals surface area contributed by atoms with Gasteiger partial charge in [0.2, 0.25) is 0 Å². The summed E-state index contributed by atoms with van der Waals surface area (Å²) in [5, 5.41) is 11.1. The molecule has 1 amide bonds. The second kappa shape index (κ2) is 6.93. The molecule has 0 aliphatic carbocycles. The molecule has 0 saturated carbocycles. The lowest BCUT2D eigenvalue weighted by Crippen LogP contribution is -2.29. The van der Waals surface area contributed by atoms with E-state index in [0.29, 0.717) is 24.2 Å². The second-order valence-electron chi connectivity index (χ2n) is 6.22. The van der Waals surface area contributed by atoms with Crippen molar-refractivity contribution in [2.75, 3.05) is 20.2 Å². The van der Waals surface area contributed by atoms with Crippen LogP contribution in [0.15, 0.2) is 42.5 Å². The summed E-state index contributed by atoms with van der Waals surface area (Å²) in [6.45, 7) is 2.90. The molecule has 2 aromatic rings. The number of carbonyl (C=O) groups is 1. The number of carbonyl (C=O) groups excluding carboxylic acids is 1. The maximum Gasteiger partial charge on any atom is 0.273 e. The van der Waals surface area contributed by atoms with Crippen LogP contribution in [0, 0.1) is 17.0 Å². The van der Waals surface area contributed by atoms with E-state index in [4.69, 9.17) is 4.74 Å². The van der Waals surface area contributed by atoms with Crippen molar-refractivity contribution in [2.45, 2.75) is 19.3 Å². The molecule has 0 bridgehead atoms. The van der Waals surface area contributed by atoms with Crippen molar-refractivity contribution in [3.63, 3.8) is 0 Å². The van der Waals surface area contributed by atoms with Crippen molar-refractivity contribution in [3.8, 4) is 5.75 Å². The molecule has 6 heteroatoms. The fourth-order valence-corrected chi connectivity index (χ4v) is 3.32. The second-order valence-corrected chi connectivity index (χ2v) is 6.22. The van der Waals surface area contributed by atoms with Crippen molar-refractivity contribution >= 4 is 11.6 Å². The number of nitro groups is 1. The molecule has 3 rings (SSSR count). The molecule has 1 fully saturated rings. The third kappa shape index (κ3) is 3.33. The highest BCUT2D eigenvalue weighted by Crippen LogP contribution is 2.30. The number of rotatable bonds is 4. The maximum absolute atomic E-state index is 12.8. The first-order chi connectivity index (χ1) is 12.0. The van der Waals surface area contributed by atoms with Gasteiger partial charge >= 0.3 is 0 Å². The maximum atomic E-state index is 12.8. The SMILES string of the molecule is COc1ccc(C2CCN(C(=O)c3cccc([N+](=O)[O-])c3C)C2)cc1. The molecule has 0 spiro atoms. The molecule has 1 aliphatic rings. The summed E-state index contributed by atoms with van der Waals surface area (Å²) in [6, 6.07) is 12.5. The molecule has 6 nitrogen and oxygen atoms in total. The molecule has 1 unspecified atom stereocenters. The number of hydrogen-bond acceptors (Lipinski definition) is 4. The Labute approximate surface area is 146 Å². The summed E-state index contributed by atoms with van der Waals surface area (Å²) < 4.78 is 5.17. The van der Waals surface area contributed by atoms with E-state index in [1.54, 1.807) is 31.1 Å². The third-order valence-electron chi connectivity index (χ3n) is 4.79. The quantitative estimate of drug-likeness (QED) is 0.630. The highest BCUT2D eigenvalue weighted by Gasteiger charge is 2.29. The lowest BCUT2D eigenvalue weighted by Gasteiger charge is -2.18. The molecule has 0 N–H and O–H groups in total. The minimum atomic E-state index is -0.448. The zero-order chi connectivity index (χ0) is 18.0. The number of amides is 1. The van der Waals surface area contributed by atoms with Gasteiger partial charge in [-0.05, 0) is 37.1 Å². The number of nitrogens with zero attached hydrogens (tertiary/aromatic N) is 2. The highest BCUT2D eigenvalue weighted by atomic mass is 16.6. The van der Waals surface area contributed by atoms with Crippen LogP contribution in [0.3, 0.4) is 0 Å². The number of methoxy groups -OCH3 is 1. The van der Waals surface area contributed by atoms with Gasteiger partial charge in [0.15, 0.2) is 0 Å². The molecule has 0 aromatic heterocycles. The molecule has 1 saturated heterocycles. The number of benzene rings is 2. The van der Waals surface area contributed by atoms with Gasteiger partial charge in [-0.1, -0.05) is 18.2 Å². The van der Waals surface area contributed by atoms with Gasteiger partial charge in [0.25, 0.3) is 11.6 Å². The van der Waals surface area contributed by atoms with Gasteiger partial charge in [0, 0.05) is 36.2 Å². The van der Waals surface area contributed by atoms with E-state index in [1.807, 2.05) is 24.3 Å². The van der Waals surface area contributed by atoms with Gasteiger partial charge in [-0.25, -0.2) is 0 Å². The fraction of sp³-hybridized carbons (Fsp3) is 0.316. The monoisotopic (exact) mass is 340 g/mol. The van der Waals surface area contributed by atoms with Gasteiger partial charge in [0.1, 0.15) is 5.75 Å². The predicted molar refractivity (Wildman–Crippen MR) is 94.1 cm³/mol. The Morgan fingerprint density at radius 3 is 2.60 bits per heavy atom. The summed E-state index contributed by atoms with van der Waals surface area (Å²) in [5.74, 6) is 0.938. The Balaban J connectivity index is 1.76. The van der Waals surface area contributed by atoms with E-state index >= 15 is 0 Å². The van der Waals surface area contributed by atoms with Gasteiger partial charge in [-0.3, -0.25) is 14.9 Å². The van der Waals surface area contributed by atoms with Crippen LogP contribution in [0.1, 0.15) is 33.8 Å². The molecule has 1 atom stereocenters. The largest absolute Gasteiger partial charge is 0.497 e. The van der Waals surface area contributed by atoms with Gasteiger partial charge in [-0.15, -0.1) is 0 Å². The van der Waals surface area contributed by atoms with Crippen LogP contribution < -0.4 is 4.74 Å². The summed E-state index contributed by atoms with van der Waals surface area (Å²) in [6.07, 6.45) is 0.881. The van der Waals surface area contributed by atoms with Crippen LogP contribution in [0.2, 0.25) is 0 Å². The van der Waals surface area contributed by atoms with Gasteiger partial charge in [-0.2, -0.15) is 0 Å². The van der Waals surface area contributed by atoms with Crippen molar-refractivity contribution in [1.29, 1.82) is 0 Å². The Bertz CT molecular complexity index is 802. The van der Waals surface area contributed by atoms with Crippen molar-refractivity contribution in [1.82, 2.24) is 4.90 Å². The van der Waals surface area contributed by atoms with Crippen LogP contribution >= 0.6 is 0 Å². The van der Waals surface area contributed by atoms with Crippen LogP contribution in [-0.4, -0.2) is 35.9 Å². The first kappa shape index (κ1) is 17.0. The molecular formula is C19H20N2O4. The number of ether oxygens (including phenoxy) is 1. The van der Waals surface area contributed by atoms with Crippen molar-refractivity contribution < 1.29 is 14.5 Å². The summed E-state index contributed by atoms with van der Waals surface area (Å²) in [7, 11) is 1.63. The lowest BCUT2D eigenvalue weighted by atomic mass is 9.98. The number of nitro benzene ring substituents is 1. The minimum absolute atomic E-state index is 0.0169. The zero-order valence-electron chi connectivity index (χ0n) is 14.3. The van der Waals surface area contributed by atoms with Gasteiger partial charge in [0.05, 0.1) is 12.0 Å². The van der Waals surface area contributed by atoms with Crippen molar-refractivity contribution in [3.05, 3.63) is 69.3 Å². The molecular weight excluding hydrogens is 320 g/mol. The van der Waals surface area contributed by atoms with E-state index in [2.05, 4.69) is 0 Å². The molecule has 2 aromatic carbocycles. The van der Waals surface area contributed by atoms with E-state index in [9.17, 15) is 14.9 Å². The van der Waals surface area contributed by atoms with Gasteiger partial charge < -0.3 is 9.64 Å². The van der Waals surface area contributed by atoms with Crippen LogP contribution in [0.25, 0.3) is 0 Å². The Kier molecular flexibility index (Phi) is 4.70. The lowest BCUT2D eigenvalue weighted by molar-refractivity contribution is -0.385. The molecule has 25 heavy (non-hydrogen) atoms. The summed E-state index contributed by atoms with van der Waals surface area (Å²) >= 11 is 0. The summed E-state index contributed by atoms with van der Waals surface area (Å²) in [4.78, 5) is 25.2. The topological polar surface area (TPSA) is 72.7 Å². The average Bonchev–Trinajstić information content (AvgIpc) is 3.11. The molecule has 1 heterocycles. The van der Waals surface area contributed by atoms with E-state index in [-0.39, 0.29) is 17.5 Å². The smallest absolute Gasteiger partial charge is 0.273 e. The summed E-state index contributed by atoms with van der Waals surface area (Å²) in [5.41, 5.74) is 1.98. The predicted octanol–water partition coefficient (Wildman–Crippen LogP) is 3.54. The van der Waals surface area contributed by atoms with Crippen LogP contribution in [-0.2, 0) is 0 Å². The fourth-order valence-electron chi connectivity index (χ4n) is 3.32. The van der Waals surface area contributed by atoms with E-state index in [0.717, 1.165) is 12.2 Å². The Morgan fingerprint density at radius 2 is 1.96 bits per heavy atom. The third-order valence-corrected chi connectivity index (χ3v) is 4.79. The number of likely N-dealkylation sites (tertiary alicyclic amines) is 1. The van der Waals surface area contributed by atoms with E-state index < -0.39 is 4.92 Å². The molecule has 0 radical (unpaired) electrons. The van der Waals surface area contributed by atoms with Crippen molar-refractivity contribution in [2.24, 2.45) is 0 Å². The average molecular weight is 340 g/mol. The first-order valence-corrected chi connectivity index (χ1v) is 8.18. The molecule has 1 aliphatic heterocycles. The Hall–Kier alpha value is -2.89. The molecule has 130 valence electrons. The Morgan fingerprint density at radius 1 is 1.24 bits per heavy atom. The minimum Gasteiger partial charge on any atom is -0.497 e. The standard InChI is InChI=1S/C19H20N2O4/c1-13-17(4-3-5-18(13)21(23)24)19(22)20-11-10-15(12-20)14-6-8-16(25-2)9-7-14/h3-9,15H,10-12H2,1-2H3. The highest BCUT2D eigenvalue weighted by molar-refractivity contribution is 5.96. The number of hydrogen-bond donors (Lipinski definition) is 0. The van der Waals surface area contributed by atoms with Crippen LogP contribution in [0.4, 0.5) is 5.69 Å². The normalized spacial score (nSPS) is 16.7. The van der Waals surface area contributed by atoms with Crippen LogP contribution in [0.5, 0.6) is 5.75 Å². The first-order valence-electron chi connectivity index (χ1n) is 8.18. The zero-order valence-corrected chi connectivity index (χ0v) is 14.3.